The molecule has 4 saturated carbocycles. The van der Waals surface area contributed by atoms with Crippen LogP contribution in [-0.4, -0.2) is 11.6 Å². The second-order valence-electron chi connectivity index (χ2n) is 5.54. The molecule has 4 aliphatic carbocycles. The summed E-state index contributed by atoms with van der Waals surface area (Å²) in [6.45, 7) is 0. The van der Waals surface area contributed by atoms with E-state index in [-0.39, 0.29) is 0 Å². The molecule has 2 unspecified atom stereocenters. The third-order valence-electron chi connectivity index (χ3n) is 5.34. The first-order chi connectivity index (χ1) is 6.79. The highest BCUT2D eigenvalue weighted by Gasteiger charge is 2.66. The molecule has 0 heterocycles. The zero-order valence-electron chi connectivity index (χ0n) is 8.11. The highest BCUT2D eigenvalue weighted by molar-refractivity contribution is 5.96. The van der Waals surface area contributed by atoms with E-state index in [1.807, 2.05) is 0 Å². The molecule has 2 nitrogen and oxygen atoms in total. The molecule has 0 N–H and O–H groups in total. The van der Waals surface area contributed by atoms with Crippen LogP contribution in [0.15, 0.2) is 0 Å². The SMILES string of the molecule is O=C1[C@H]2CC[C@@H]1C1C2[C@H]2CC[C@@H]1C2=O. The number of hydrogen-bond acceptors (Lipinski definition) is 2. The van der Waals surface area contributed by atoms with Crippen LogP contribution in [0.1, 0.15) is 25.7 Å². The Morgan fingerprint density at radius 3 is 1.21 bits per heavy atom. The maximum absolute atomic E-state index is 11.9. The maximum atomic E-state index is 11.9. The Balaban J connectivity index is 1.84. The van der Waals surface area contributed by atoms with Crippen molar-refractivity contribution in [3.8, 4) is 0 Å². The van der Waals surface area contributed by atoms with Crippen molar-refractivity contribution in [2.75, 3.05) is 0 Å². The normalized spacial score (nSPS) is 58.6. The van der Waals surface area contributed by atoms with Gasteiger partial charge >= 0.3 is 0 Å². The molecule has 0 aromatic rings. The minimum atomic E-state index is 0.296. The Kier molecular flexibility index (Phi) is 1.15. The van der Waals surface area contributed by atoms with Gasteiger partial charge in [0, 0.05) is 23.7 Å². The van der Waals surface area contributed by atoms with Gasteiger partial charge in [-0.25, -0.2) is 0 Å². The van der Waals surface area contributed by atoms with E-state index in [1.54, 1.807) is 0 Å². The average Bonchev–Trinajstić information content (AvgIpc) is 2.87. The summed E-state index contributed by atoms with van der Waals surface area (Å²) in [5.41, 5.74) is 0. The minimum Gasteiger partial charge on any atom is -0.299 e. The van der Waals surface area contributed by atoms with Crippen LogP contribution in [0, 0.1) is 35.5 Å². The molecule has 0 aromatic heterocycles. The summed E-state index contributed by atoms with van der Waals surface area (Å²) in [5, 5.41) is 0. The molecule has 4 rings (SSSR count). The van der Waals surface area contributed by atoms with E-state index in [0.29, 0.717) is 47.1 Å². The summed E-state index contributed by atoms with van der Waals surface area (Å²) in [4.78, 5) is 23.8. The predicted molar refractivity (Wildman–Crippen MR) is 49.4 cm³/mol. The summed E-state index contributed by atoms with van der Waals surface area (Å²) < 4.78 is 0. The fourth-order valence-electron chi connectivity index (χ4n) is 5.00. The lowest BCUT2D eigenvalue weighted by Gasteiger charge is -2.31. The number of ketones is 2. The smallest absolute Gasteiger partial charge is 0.139 e. The zero-order chi connectivity index (χ0) is 9.45. The van der Waals surface area contributed by atoms with E-state index in [9.17, 15) is 9.59 Å². The summed E-state index contributed by atoms with van der Waals surface area (Å²) in [6, 6.07) is 0. The largest absolute Gasteiger partial charge is 0.299 e. The highest BCUT2D eigenvalue weighted by atomic mass is 16.1. The van der Waals surface area contributed by atoms with Gasteiger partial charge in [0.1, 0.15) is 11.6 Å². The molecular weight excluding hydrogens is 176 g/mol. The first-order valence-electron chi connectivity index (χ1n) is 5.86. The van der Waals surface area contributed by atoms with Crippen molar-refractivity contribution in [2.45, 2.75) is 25.7 Å². The van der Waals surface area contributed by atoms with Gasteiger partial charge in [-0.1, -0.05) is 0 Å². The lowest BCUT2D eigenvalue weighted by molar-refractivity contribution is -0.125. The lowest BCUT2D eigenvalue weighted by Crippen LogP contribution is -2.27. The second-order valence-corrected chi connectivity index (χ2v) is 5.54. The first kappa shape index (κ1) is 7.61. The number of rotatable bonds is 0. The van der Waals surface area contributed by atoms with Gasteiger partial charge in [0.05, 0.1) is 0 Å². The standard InChI is InChI=1S/C12H14O2/c13-11-5-1-2-6(11)10-8-4-3-7(9(5)10)12(8)14/h5-10H,1-4H2/t5-,6+,7+,8-,9?,10?. The Morgan fingerprint density at radius 2 is 0.929 bits per heavy atom. The van der Waals surface area contributed by atoms with Gasteiger partial charge < -0.3 is 0 Å². The van der Waals surface area contributed by atoms with Crippen LogP contribution >= 0.6 is 0 Å². The van der Waals surface area contributed by atoms with Crippen molar-refractivity contribution >= 4 is 11.6 Å². The van der Waals surface area contributed by atoms with Gasteiger partial charge in [0.15, 0.2) is 0 Å². The van der Waals surface area contributed by atoms with Crippen LogP contribution in [-0.2, 0) is 9.59 Å². The number of fused-ring (bicyclic) bond motifs is 9. The third kappa shape index (κ3) is 0.590. The summed E-state index contributed by atoms with van der Waals surface area (Å²) >= 11 is 0. The molecule has 4 fully saturated rings. The van der Waals surface area contributed by atoms with Crippen LogP contribution in [0.5, 0.6) is 0 Å². The highest BCUT2D eigenvalue weighted by Crippen LogP contribution is 2.64. The average molecular weight is 190 g/mol. The second kappa shape index (κ2) is 2.12. The minimum absolute atomic E-state index is 0.296. The molecule has 0 spiro atoms. The Morgan fingerprint density at radius 1 is 0.643 bits per heavy atom. The van der Waals surface area contributed by atoms with E-state index >= 15 is 0 Å². The Hall–Kier alpha value is -0.660. The van der Waals surface area contributed by atoms with Gasteiger partial charge in [0.25, 0.3) is 0 Å². The van der Waals surface area contributed by atoms with Crippen molar-refractivity contribution < 1.29 is 9.59 Å². The van der Waals surface area contributed by atoms with Crippen molar-refractivity contribution in [2.24, 2.45) is 35.5 Å². The molecule has 14 heavy (non-hydrogen) atoms. The van der Waals surface area contributed by atoms with E-state index in [1.165, 1.54) is 0 Å². The van der Waals surface area contributed by atoms with Crippen molar-refractivity contribution in [1.82, 2.24) is 0 Å². The maximum Gasteiger partial charge on any atom is 0.139 e. The molecular formula is C12H14O2. The molecule has 4 bridgehead atoms. The summed E-state index contributed by atoms with van der Waals surface area (Å²) in [7, 11) is 0. The zero-order valence-corrected chi connectivity index (χ0v) is 8.11. The van der Waals surface area contributed by atoms with Crippen molar-refractivity contribution in [3.05, 3.63) is 0 Å². The Bertz CT molecular complexity index is 284. The number of hydrogen-bond donors (Lipinski definition) is 0. The van der Waals surface area contributed by atoms with Crippen LogP contribution in [0.4, 0.5) is 0 Å². The Labute approximate surface area is 83.1 Å². The van der Waals surface area contributed by atoms with Crippen LogP contribution in [0.3, 0.4) is 0 Å². The molecule has 0 aliphatic heterocycles. The van der Waals surface area contributed by atoms with E-state index in [4.69, 9.17) is 0 Å². The monoisotopic (exact) mass is 190 g/mol. The quantitative estimate of drug-likeness (QED) is 0.542. The van der Waals surface area contributed by atoms with E-state index < -0.39 is 0 Å². The predicted octanol–water partition coefficient (Wildman–Crippen LogP) is 1.44. The van der Waals surface area contributed by atoms with E-state index in [2.05, 4.69) is 0 Å². The molecule has 2 heteroatoms. The molecule has 74 valence electrons. The molecule has 0 aromatic carbocycles. The number of carbonyl (C=O) groups is 2. The van der Waals surface area contributed by atoms with Gasteiger partial charge in [-0.15, -0.1) is 0 Å². The van der Waals surface area contributed by atoms with Gasteiger partial charge in [0.2, 0.25) is 0 Å². The van der Waals surface area contributed by atoms with Gasteiger partial charge in [-0.3, -0.25) is 9.59 Å². The van der Waals surface area contributed by atoms with E-state index in [0.717, 1.165) is 25.7 Å². The summed E-state index contributed by atoms with van der Waals surface area (Å²) in [6.07, 6.45) is 4.34. The van der Waals surface area contributed by atoms with Crippen molar-refractivity contribution in [3.63, 3.8) is 0 Å². The number of carbonyl (C=O) groups excluding carboxylic acids is 2. The van der Waals surface area contributed by atoms with Gasteiger partial charge in [-0.2, -0.15) is 0 Å². The molecule has 0 amide bonds. The summed E-state index contributed by atoms with van der Waals surface area (Å²) in [5.74, 6) is 3.20. The fraction of sp³-hybridized carbons (Fsp3) is 0.833. The lowest BCUT2D eigenvalue weighted by atomic mass is 9.71. The van der Waals surface area contributed by atoms with Crippen molar-refractivity contribution in [1.29, 1.82) is 0 Å². The fourth-order valence-corrected chi connectivity index (χ4v) is 5.00. The molecule has 0 radical (unpaired) electrons. The van der Waals surface area contributed by atoms with Crippen LogP contribution in [0.25, 0.3) is 0 Å². The van der Waals surface area contributed by atoms with Crippen LogP contribution < -0.4 is 0 Å². The van der Waals surface area contributed by atoms with Crippen LogP contribution in [0.2, 0.25) is 0 Å². The van der Waals surface area contributed by atoms with Gasteiger partial charge in [-0.05, 0) is 37.5 Å². The first-order valence-corrected chi connectivity index (χ1v) is 5.86. The molecule has 0 saturated heterocycles. The topological polar surface area (TPSA) is 34.1 Å². The number of Topliss-reactive ketones (excluding diaryl/α,β-unsaturated/α-hetero) is 2. The third-order valence-corrected chi connectivity index (χ3v) is 5.34. The molecule has 6 atom stereocenters. The molecule has 4 aliphatic rings.